The Morgan fingerprint density at radius 1 is 1.38 bits per heavy atom. The number of carbonyl (C=O) groups is 1. The molecular formula is C14H11N3O3S. The maximum absolute atomic E-state index is 11.4. The van der Waals surface area contributed by atoms with Crippen molar-refractivity contribution in [1.29, 1.82) is 0 Å². The summed E-state index contributed by atoms with van der Waals surface area (Å²) in [7, 11) is 1.56. The fraction of sp³-hybridized carbons (Fsp3) is 0.0714. The quantitative estimate of drug-likeness (QED) is 0.801. The first-order valence-corrected chi connectivity index (χ1v) is 6.95. The number of rotatable bonds is 4. The summed E-state index contributed by atoms with van der Waals surface area (Å²) in [5, 5.41) is 16.1. The molecule has 0 saturated heterocycles. The minimum atomic E-state index is -1.04. The van der Waals surface area contributed by atoms with Crippen molar-refractivity contribution in [1.82, 2.24) is 14.8 Å². The highest BCUT2D eigenvalue weighted by Gasteiger charge is 2.20. The van der Waals surface area contributed by atoms with Gasteiger partial charge in [-0.25, -0.2) is 14.5 Å². The smallest absolute Gasteiger partial charge is 0.339 e. The normalized spacial score (nSPS) is 10.5. The Balaban J connectivity index is 2.17. The van der Waals surface area contributed by atoms with Crippen molar-refractivity contribution < 1.29 is 14.6 Å². The molecule has 0 spiro atoms. The van der Waals surface area contributed by atoms with Crippen LogP contribution in [0.4, 0.5) is 0 Å². The van der Waals surface area contributed by atoms with Gasteiger partial charge in [-0.3, -0.25) is 0 Å². The minimum Gasteiger partial charge on any atom is -0.494 e. The van der Waals surface area contributed by atoms with Crippen molar-refractivity contribution in [2.45, 2.75) is 0 Å². The van der Waals surface area contributed by atoms with Crippen LogP contribution in [0.3, 0.4) is 0 Å². The van der Waals surface area contributed by atoms with Gasteiger partial charge in [-0.05, 0) is 12.1 Å². The lowest BCUT2D eigenvalue weighted by Crippen LogP contribution is -1.98. The molecule has 0 aliphatic carbocycles. The van der Waals surface area contributed by atoms with Gasteiger partial charge < -0.3 is 9.84 Å². The zero-order chi connectivity index (χ0) is 14.8. The van der Waals surface area contributed by atoms with Crippen molar-refractivity contribution >= 4 is 17.3 Å². The van der Waals surface area contributed by atoms with Crippen molar-refractivity contribution in [2.24, 2.45) is 0 Å². The number of hydrogen-bond acceptors (Lipinski definition) is 5. The average Bonchev–Trinajstić information content (AvgIpc) is 3.16. The molecule has 0 unspecified atom stereocenters. The zero-order valence-electron chi connectivity index (χ0n) is 11.1. The van der Waals surface area contributed by atoms with E-state index in [-0.39, 0.29) is 5.56 Å². The van der Waals surface area contributed by atoms with Crippen LogP contribution in [0.1, 0.15) is 10.4 Å². The highest BCUT2D eigenvalue weighted by atomic mass is 32.1. The molecule has 0 amide bonds. The Morgan fingerprint density at radius 2 is 2.19 bits per heavy atom. The third kappa shape index (κ3) is 2.38. The minimum absolute atomic E-state index is 0.107. The maximum atomic E-state index is 11.4. The van der Waals surface area contributed by atoms with Crippen molar-refractivity contribution in [3.8, 4) is 22.1 Å². The number of thiazole rings is 1. The van der Waals surface area contributed by atoms with Crippen LogP contribution in [-0.2, 0) is 0 Å². The van der Waals surface area contributed by atoms with E-state index < -0.39 is 5.97 Å². The highest BCUT2D eigenvalue weighted by Crippen LogP contribution is 2.28. The summed E-state index contributed by atoms with van der Waals surface area (Å²) in [6.07, 6.45) is 3.09. The summed E-state index contributed by atoms with van der Waals surface area (Å²) in [5.74, 6) is -0.427. The number of aromatic carboxylic acids is 1. The first-order chi connectivity index (χ1) is 10.2. The molecule has 2 aromatic heterocycles. The molecule has 1 N–H and O–H groups in total. The van der Waals surface area contributed by atoms with E-state index in [4.69, 9.17) is 4.74 Å². The Labute approximate surface area is 124 Å². The Bertz CT molecular complexity index is 781. The van der Waals surface area contributed by atoms with E-state index in [1.165, 1.54) is 22.2 Å². The Hall–Kier alpha value is -2.67. The SMILES string of the molecule is COc1ccccc1-n1cc(C(=O)O)c(-c2nccs2)n1. The van der Waals surface area contributed by atoms with E-state index in [1.807, 2.05) is 18.2 Å². The second-order valence-electron chi connectivity index (χ2n) is 4.15. The number of ether oxygens (including phenoxy) is 1. The number of para-hydroxylation sites is 2. The van der Waals surface area contributed by atoms with Crippen LogP contribution in [0.15, 0.2) is 42.0 Å². The van der Waals surface area contributed by atoms with Crippen molar-refractivity contribution in [3.63, 3.8) is 0 Å². The molecule has 0 fully saturated rings. The van der Waals surface area contributed by atoms with Crippen LogP contribution in [-0.4, -0.2) is 33.0 Å². The molecule has 3 aromatic rings. The Morgan fingerprint density at radius 3 is 2.86 bits per heavy atom. The Kier molecular flexibility index (Phi) is 3.41. The molecule has 2 heterocycles. The number of hydrogen-bond donors (Lipinski definition) is 1. The van der Waals surface area contributed by atoms with Crippen LogP contribution in [0.25, 0.3) is 16.4 Å². The number of benzene rings is 1. The largest absolute Gasteiger partial charge is 0.494 e. The lowest BCUT2D eigenvalue weighted by atomic mass is 10.2. The molecule has 0 bridgehead atoms. The first-order valence-electron chi connectivity index (χ1n) is 6.07. The molecule has 7 heteroatoms. The topological polar surface area (TPSA) is 77.2 Å². The number of aromatic nitrogens is 3. The van der Waals surface area contributed by atoms with Gasteiger partial charge in [-0.2, -0.15) is 5.10 Å². The molecule has 0 atom stereocenters. The predicted molar refractivity (Wildman–Crippen MR) is 78.2 cm³/mol. The van der Waals surface area contributed by atoms with Gasteiger partial charge in [-0.15, -0.1) is 11.3 Å². The monoisotopic (exact) mass is 301 g/mol. The van der Waals surface area contributed by atoms with Crippen LogP contribution < -0.4 is 4.74 Å². The van der Waals surface area contributed by atoms with Crippen LogP contribution in [0.2, 0.25) is 0 Å². The second-order valence-corrected chi connectivity index (χ2v) is 5.04. The third-order valence-corrected chi connectivity index (χ3v) is 3.69. The predicted octanol–water partition coefficient (Wildman–Crippen LogP) is 2.70. The third-order valence-electron chi connectivity index (χ3n) is 2.91. The molecule has 1 aromatic carbocycles. The molecule has 3 rings (SSSR count). The van der Waals surface area contributed by atoms with E-state index in [0.29, 0.717) is 22.1 Å². The van der Waals surface area contributed by atoms with Gasteiger partial charge in [0.05, 0.1) is 7.11 Å². The fourth-order valence-corrected chi connectivity index (χ4v) is 2.61. The van der Waals surface area contributed by atoms with Crippen LogP contribution in [0.5, 0.6) is 5.75 Å². The van der Waals surface area contributed by atoms with Gasteiger partial charge in [0.15, 0.2) is 0 Å². The van der Waals surface area contributed by atoms with Gasteiger partial charge in [0.1, 0.15) is 27.7 Å². The number of carboxylic acids is 1. The van der Waals surface area contributed by atoms with E-state index in [9.17, 15) is 9.90 Å². The summed E-state index contributed by atoms with van der Waals surface area (Å²) in [6.45, 7) is 0. The molecule has 21 heavy (non-hydrogen) atoms. The standard InChI is InChI=1S/C14H11N3O3S/c1-20-11-5-3-2-4-10(11)17-8-9(14(18)19)12(16-17)13-15-6-7-21-13/h2-8H,1H3,(H,18,19). The molecule has 0 aliphatic heterocycles. The molecule has 0 saturated carbocycles. The molecule has 0 radical (unpaired) electrons. The fourth-order valence-electron chi connectivity index (χ4n) is 1.97. The lowest BCUT2D eigenvalue weighted by molar-refractivity contribution is 0.0697. The van der Waals surface area contributed by atoms with Gasteiger partial charge in [0.25, 0.3) is 0 Å². The maximum Gasteiger partial charge on any atom is 0.339 e. The van der Waals surface area contributed by atoms with Gasteiger partial charge >= 0.3 is 5.97 Å². The van der Waals surface area contributed by atoms with E-state index in [2.05, 4.69) is 10.1 Å². The summed E-state index contributed by atoms with van der Waals surface area (Å²) < 4.78 is 6.78. The summed E-state index contributed by atoms with van der Waals surface area (Å²) in [4.78, 5) is 15.5. The van der Waals surface area contributed by atoms with E-state index in [1.54, 1.807) is 24.8 Å². The van der Waals surface area contributed by atoms with Crippen LogP contribution in [0, 0.1) is 0 Å². The molecule has 106 valence electrons. The lowest BCUT2D eigenvalue weighted by Gasteiger charge is -2.07. The summed E-state index contributed by atoms with van der Waals surface area (Å²) >= 11 is 1.34. The molecular weight excluding hydrogens is 290 g/mol. The second kappa shape index (κ2) is 5.37. The van der Waals surface area contributed by atoms with E-state index >= 15 is 0 Å². The molecule has 6 nitrogen and oxygen atoms in total. The number of carboxylic acid groups (broad SMARTS) is 1. The summed E-state index contributed by atoms with van der Waals surface area (Å²) in [6, 6.07) is 7.28. The summed E-state index contributed by atoms with van der Waals surface area (Å²) in [5.41, 5.74) is 1.13. The van der Waals surface area contributed by atoms with Gasteiger partial charge in [0.2, 0.25) is 0 Å². The molecule has 0 aliphatic rings. The first kappa shape index (κ1) is 13.3. The van der Waals surface area contributed by atoms with Crippen molar-refractivity contribution in [2.75, 3.05) is 7.11 Å². The van der Waals surface area contributed by atoms with Gasteiger partial charge in [-0.1, -0.05) is 12.1 Å². The number of methoxy groups -OCH3 is 1. The highest BCUT2D eigenvalue weighted by molar-refractivity contribution is 7.13. The van der Waals surface area contributed by atoms with Crippen molar-refractivity contribution in [3.05, 3.63) is 47.6 Å². The average molecular weight is 301 g/mol. The zero-order valence-corrected chi connectivity index (χ0v) is 11.9. The van der Waals surface area contributed by atoms with E-state index in [0.717, 1.165) is 0 Å². The van der Waals surface area contributed by atoms with Crippen LogP contribution >= 0.6 is 11.3 Å². The van der Waals surface area contributed by atoms with Gasteiger partial charge in [0, 0.05) is 17.8 Å². The number of nitrogens with zero attached hydrogens (tertiary/aromatic N) is 3.